The number of ether oxygens (including phenoxy) is 2. The standard InChI is InChI=1S/C37H44ClN5O5S/c1-24-7-4-5-8-25-10-11-28(25)19-43-22-37(16-6-9-26-17-29(38)13-14-31(26)37)23-48-33-15-12-27(18-32(33)43)34(44)40-49(46,21-24)41-35(45)30-20-42(2)39-36(30)47-3/h5,8,12-15,17-18,20,24-25,28H,4,6-7,9-11,16,19,21-23H2,1-3H3,(H,40,41,44,45,46)/b8-5-/t24-,25+,28-,37-,49?/m0/s1. The molecule has 2 bridgehead atoms. The van der Waals surface area contributed by atoms with Gasteiger partial charge < -0.3 is 14.4 Å². The molecule has 7 rings (SSSR count). The van der Waals surface area contributed by atoms with E-state index in [-0.39, 0.29) is 28.5 Å². The van der Waals surface area contributed by atoms with Gasteiger partial charge in [0.1, 0.15) is 21.2 Å². The van der Waals surface area contributed by atoms with Gasteiger partial charge in [-0.25, -0.2) is 4.21 Å². The summed E-state index contributed by atoms with van der Waals surface area (Å²) in [6.45, 7) is 4.07. The first-order valence-electron chi connectivity index (χ1n) is 17.2. The second-order valence-electron chi connectivity index (χ2n) is 14.3. The summed E-state index contributed by atoms with van der Waals surface area (Å²) in [5, 5.41) is 4.89. The molecule has 3 aromatic rings. The van der Waals surface area contributed by atoms with Crippen molar-refractivity contribution in [3.63, 3.8) is 0 Å². The molecule has 5 atom stereocenters. The predicted molar refractivity (Wildman–Crippen MR) is 191 cm³/mol. The summed E-state index contributed by atoms with van der Waals surface area (Å²) in [6.07, 6.45) is 13.0. The number of anilines is 1. The number of carbonyl (C=O) groups excluding carboxylic acids is 2. The Hall–Kier alpha value is -3.83. The van der Waals surface area contributed by atoms with E-state index in [0.29, 0.717) is 29.8 Å². The van der Waals surface area contributed by atoms with Gasteiger partial charge in [-0.15, -0.1) is 9.46 Å². The lowest BCUT2D eigenvalue weighted by Crippen LogP contribution is -2.48. The van der Waals surface area contributed by atoms with Gasteiger partial charge in [-0.05, 0) is 104 Å². The number of hydrogen-bond acceptors (Lipinski definition) is 7. The lowest BCUT2D eigenvalue weighted by molar-refractivity contribution is 0.0979. The number of benzene rings is 2. The van der Waals surface area contributed by atoms with Crippen LogP contribution in [0.25, 0.3) is 0 Å². The summed E-state index contributed by atoms with van der Waals surface area (Å²) < 4.78 is 34.7. The van der Waals surface area contributed by atoms with Gasteiger partial charge in [0.2, 0.25) is 5.88 Å². The molecule has 1 unspecified atom stereocenters. The van der Waals surface area contributed by atoms with Crippen LogP contribution in [-0.2, 0) is 28.8 Å². The second kappa shape index (κ2) is 13.5. The average Bonchev–Trinajstić information content (AvgIpc) is 3.37. The molecule has 1 saturated carbocycles. The Morgan fingerprint density at radius 3 is 2.84 bits per heavy atom. The highest BCUT2D eigenvalue weighted by Gasteiger charge is 2.43. The van der Waals surface area contributed by atoms with Crippen molar-refractivity contribution in [2.24, 2.45) is 29.2 Å². The number of aryl methyl sites for hydroxylation is 2. The third-order valence-electron chi connectivity index (χ3n) is 10.7. The summed E-state index contributed by atoms with van der Waals surface area (Å²) in [6, 6.07) is 11.6. The maximum absolute atomic E-state index is 14.5. The van der Waals surface area contributed by atoms with E-state index in [9.17, 15) is 13.8 Å². The Morgan fingerprint density at radius 2 is 2.04 bits per heavy atom. The Kier molecular flexibility index (Phi) is 9.25. The Labute approximate surface area is 293 Å². The molecule has 49 heavy (non-hydrogen) atoms. The first-order valence-corrected chi connectivity index (χ1v) is 19.3. The molecule has 2 amide bonds. The van der Waals surface area contributed by atoms with Gasteiger partial charge in [0.15, 0.2) is 0 Å². The van der Waals surface area contributed by atoms with E-state index in [4.69, 9.17) is 21.1 Å². The van der Waals surface area contributed by atoms with E-state index in [1.165, 1.54) is 29.1 Å². The van der Waals surface area contributed by atoms with Crippen LogP contribution in [0.2, 0.25) is 5.02 Å². The fraction of sp³-hybridized carbons (Fsp3) is 0.486. The Morgan fingerprint density at radius 1 is 1.18 bits per heavy atom. The van der Waals surface area contributed by atoms with E-state index >= 15 is 0 Å². The zero-order valence-corrected chi connectivity index (χ0v) is 29.9. The minimum atomic E-state index is -3.53. The van der Waals surface area contributed by atoms with Crippen LogP contribution in [0.5, 0.6) is 11.6 Å². The first kappa shape index (κ1) is 33.7. The van der Waals surface area contributed by atoms with Crippen molar-refractivity contribution in [3.8, 4) is 11.6 Å². The van der Waals surface area contributed by atoms with Gasteiger partial charge in [-0.3, -0.25) is 19.0 Å². The van der Waals surface area contributed by atoms with Crippen LogP contribution >= 0.6 is 11.6 Å². The SMILES string of the molecule is COc1nn(C)cc1C(=O)NS1(=O)=NC(=O)c2ccc3c(c2)N(C[C@@H]2CC[C@H]2/C=C\CC[C@H](C)C1)C[C@@]1(CCCc2cc(Cl)ccc21)CO3. The molecule has 260 valence electrons. The highest BCUT2D eigenvalue weighted by Crippen LogP contribution is 2.46. The fourth-order valence-corrected chi connectivity index (χ4v) is 10.1. The average molecular weight is 706 g/mol. The van der Waals surface area contributed by atoms with E-state index in [1.54, 1.807) is 13.1 Å². The number of aromatic nitrogens is 2. The van der Waals surface area contributed by atoms with Gasteiger partial charge in [0.25, 0.3) is 11.8 Å². The van der Waals surface area contributed by atoms with Crippen LogP contribution < -0.4 is 19.1 Å². The number of allylic oxidation sites excluding steroid dienone is 2. The molecular formula is C37H44ClN5O5S. The van der Waals surface area contributed by atoms with Crippen LogP contribution in [0.1, 0.15) is 77.3 Å². The Balaban J connectivity index is 1.28. The van der Waals surface area contributed by atoms with Crippen molar-refractivity contribution in [1.29, 1.82) is 0 Å². The minimum absolute atomic E-state index is 0.0269. The lowest BCUT2D eigenvalue weighted by atomic mass is 9.69. The Bertz CT molecular complexity index is 1930. The molecule has 1 fully saturated rings. The molecule has 2 aromatic carbocycles. The molecular weight excluding hydrogens is 662 g/mol. The molecule has 1 spiro atoms. The first-order chi connectivity index (χ1) is 23.5. The molecule has 3 heterocycles. The number of fused-ring (bicyclic) bond motifs is 4. The van der Waals surface area contributed by atoms with Crippen molar-refractivity contribution in [1.82, 2.24) is 14.5 Å². The number of nitrogens with one attached hydrogen (secondary N) is 1. The number of halogens is 1. The van der Waals surface area contributed by atoms with Crippen molar-refractivity contribution in [2.45, 2.75) is 57.3 Å². The number of carbonyl (C=O) groups is 2. The van der Waals surface area contributed by atoms with Crippen molar-refractivity contribution >= 4 is 39.0 Å². The summed E-state index contributed by atoms with van der Waals surface area (Å²) in [5.41, 5.74) is 3.58. The van der Waals surface area contributed by atoms with Crippen LogP contribution in [0.15, 0.2) is 59.1 Å². The zero-order valence-electron chi connectivity index (χ0n) is 28.3. The normalized spacial score (nSPS) is 28.9. The minimum Gasteiger partial charge on any atom is -0.490 e. The topological polar surface area (TPSA) is 115 Å². The summed E-state index contributed by atoms with van der Waals surface area (Å²) in [4.78, 5) is 29.8. The largest absolute Gasteiger partial charge is 0.490 e. The maximum atomic E-state index is 14.5. The molecule has 4 aliphatic rings. The number of hydrogen-bond donors (Lipinski definition) is 1. The molecule has 1 aromatic heterocycles. The third kappa shape index (κ3) is 6.84. The van der Waals surface area contributed by atoms with Crippen molar-refractivity contribution in [3.05, 3.63) is 82.0 Å². The van der Waals surface area contributed by atoms with Crippen LogP contribution in [0, 0.1) is 17.8 Å². The smallest absolute Gasteiger partial charge is 0.286 e. The quantitative estimate of drug-likeness (QED) is 0.309. The molecule has 2 aliphatic heterocycles. The number of nitrogens with zero attached hydrogens (tertiary/aromatic N) is 4. The van der Waals surface area contributed by atoms with Gasteiger partial charge in [0.05, 0.1) is 25.2 Å². The van der Waals surface area contributed by atoms with Gasteiger partial charge >= 0.3 is 0 Å². The molecule has 10 nitrogen and oxygen atoms in total. The van der Waals surface area contributed by atoms with E-state index in [1.807, 2.05) is 25.1 Å². The summed E-state index contributed by atoms with van der Waals surface area (Å²) in [7, 11) is -0.457. The maximum Gasteiger partial charge on any atom is 0.286 e. The van der Waals surface area contributed by atoms with E-state index in [0.717, 1.165) is 68.7 Å². The predicted octanol–water partition coefficient (Wildman–Crippen LogP) is 6.52. The van der Waals surface area contributed by atoms with Crippen LogP contribution in [0.4, 0.5) is 5.69 Å². The fourth-order valence-electron chi connectivity index (χ4n) is 7.99. The van der Waals surface area contributed by atoms with Crippen LogP contribution in [-0.4, -0.2) is 58.4 Å². The zero-order chi connectivity index (χ0) is 34.3. The molecule has 0 radical (unpaired) electrons. The monoisotopic (exact) mass is 705 g/mol. The van der Waals surface area contributed by atoms with Crippen molar-refractivity contribution in [2.75, 3.05) is 37.5 Å². The highest BCUT2D eigenvalue weighted by atomic mass is 35.5. The number of amides is 2. The van der Waals surface area contributed by atoms with Crippen molar-refractivity contribution < 1.29 is 23.3 Å². The molecule has 1 N–H and O–H groups in total. The third-order valence-corrected chi connectivity index (χ3v) is 12.9. The highest BCUT2D eigenvalue weighted by molar-refractivity contribution is 7.92. The van der Waals surface area contributed by atoms with Gasteiger partial charge in [-0.2, -0.15) is 0 Å². The second-order valence-corrected chi connectivity index (χ2v) is 16.7. The summed E-state index contributed by atoms with van der Waals surface area (Å²) >= 11 is 6.44. The molecule has 2 aliphatic carbocycles. The number of methoxy groups -OCH3 is 1. The summed E-state index contributed by atoms with van der Waals surface area (Å²) in [5.74, 6) is 0.417. The lowest BCUT2D eigenvalue weighted by Gasteiger charge is -2.44. The number of rotatable bonds is 3. The molecule has 0 saturated heterocycles. The molecule has 12 heteroatoms. The van der Waals surface area contributed by atoms with E-state index in [2.05, 4.69) is 43.4 Å². The van der Waals surface area contributed by atoms with E-state index < -0.39 is 21.7 Å². The van der Waals surface area contributed by atoms with Gasteiger partial charge in [-0.1, -0.05) is 36.7 Å². The van der Waals surface area contributed by atoms with Gasteiger partial charge in [0, 0.05) is 42.3 Å². The van der Waals surface area contributed by atoms with Crippen LogP contribution in [0.3, 0.4) is 0 Å².